The average molecular weight is 300 g/mol. The van der Waals surface area contributed by atoms with Crippen molar-refractivity contribution in [2.24, 2.45) is 17.8 Å². The van der Waals surface area contributed by atoms with E-state index in [2.05, 4.69) is 10.2 Å². The minimum absolute atomic E-state index is 0.0246. The molecule has 22 heavy (non-hydrogen) atoms. The second-order valence-corrected chi connectivity index (χ2v) is 7.00. The van der Waals surface area contributed by atoms with Crippen molar-refractivity contribution in [2.75, 3.05) is 26.2 Å². The van der Waals surface area contributed by atoms with E-state index >= 15 is 0 Å². The quantitative estimate of drug-likeness (QED) is 0.926. The Morgan fingerprint density at radius 2 is 1.95 bits per heavy atom. The Morgan fingerprint density at radius 3 is 2.64 bits per heavy atom. The number of nitrogens with one attached hydrogen (secondary N) is 1. The molecule has 1 amide bonds. The van der Waals surface area contributed by atoms with Gasteiger partial charge in [0, 0.05) is 25.7 Å². The van der Waals surface area contributed by atoms with Gasteiger partial charge in [-0.3, -0.25) is 4.79 Å². The summed E-state index contributed by atoms with van der Waals surface area (Å²) in [6.45, 7) is 6.12. The van der Waals surface area contributed by atoms with Crippen molar-refractivity contribution < 1.29 is 9.53 Å². The fraction of sp³-hybridized carbons (Fsp3) is 0.611. The molecule has 118 valence electrons. The van der Waals surface area contributed by atoms with Crippen LogP contribution >= 0.6 is 0 Å². The highest BCUT2D eigenvalue weighted by atomic mass is 16.5. The van der Waals surface area contributed by atoms with E-state index in [1.54, 1.807) is 0 Å². The highest BCUT2D eigenvalue weighted by molar-refractivity contribution is 5.97. The molecule has 4 nitrogen and oxygen atoms in total. The number of hydrogen-bond acceptors (Lipinski definition) is 3. The molecule has 0 aromatic heterocycles. The lowest BCUT2D eigenvalue weighted by molar-refractivity contribution is -0.0419. The molecule has 1 N–H and O–H groups in total. The van der Waals surface area contributed by atoms with Gasteiger partial charge < -0.3 is 15.0 Å². The second kappa shape index (κ2) is 5.58. The molecule has 0 spiro atoms. The number of piperidine rings is 3. The summed E-state index contributed by atoms with van der Waals surface area (Å²) in [6.07, 6.45) is 2.57. The number of benzene rings is 1. The third-order valence-corrected chi connectivity index (χ3v) is 5.52. The number of rotatable bonds is 4. The zero-order chi connectivity index (χ0) is 15.1. The highest BCUT2D eigenvalue weighted by Crippen LogP contribution is 2.43. The Hall–Kier alpha value is -1.55. The van der Waals surface area contributed by atoms with E-state index in [9.17, 15) is 4.79 Å². The van der Waals surface area contributed by atoms with Crippen LogP contribution in [0.15, 0.2) is 24.3 Å². The molecule has 1 saturated carbocycles. The molecule has 4 heteroatoms. The van der Waals surface area contributed by atoms with Gasteiger partial charge in [0.2, 0.25) is 0 Å². The van der Waals surface area contributed by atoms with E-state index in [0.717, 1.165) is 19.0 Å². The van der Waals surface area contributed by atoms with E-state index in [-0.39, 0.29) is 5.91 Å². The molecular weight excluding hydrogens is 276 g/mol. The fourth-order valence-corrected chi connectivity index (χ4v) is 4.81. The monoisotopic (exact) mass is 300 g/mol. The lowest BCUT2D eigenvalue weighted by atomic mass is 9.65. The van der Waals surface area contributed by atoms with Crippen LogP contribution in [0.3, 0.4) is 0 Å². The normalized spacial score (nSPS) is 35.4. The van der Waals surface area contributed by atoms with Gasteiger partial charge in [-0.05, 0) is 49.7 Å². The van der Waals surface area contributed by atoms with Gasteiger partial charge in [-0.1, -0.05) is 12.1 Å². The molecular formula is C18H24N2O2. The third kappa shape index (κ3) is 2.39. The summed E-state index contributed by atoms with van der Waals surface area (Å²) in [5.74, 6) is 2.84. The van der Waals surface area contributed by atoms with Crippen LogP contribution in [0.5, 0.6) is 5.75 Å². The van der Waals surface area contributed by atoms with Gasteiger partial charge in [-0.25, -0.2) is 0 Å². The Bertz CT molecular complexity index is 544. The summed E-state index contributed by atoms with van der Waals surface area (Å²) in [7, 11) is 0. The summed E-state index contributed by atoms with van der Waals surface area (Å²) in [5.41, 5.74) is 0.665. The minimum Gasteiger partial charge on any atom is -0.493 e. The summed E-state index contributed by atoms with van der Waals surface area (Å²) in [5, 5.41) is 3.33. The predicted octanol–water partition coefficient (Wildman–Crippen LogP) is 2.16. The van der Waals surface area contributed by atoms with Crippen molar-refractivity contribution in [2.45, 2.75) is 25.8 Å². The Morgan fingerprint density at radius 1 is 1.23 bits per heavy atom. The second-order valence-electron chi connectivity index (χ2n) is 7.00. The Balaban J connectivity index is 1.51. The van der Waals surface area contributed by atoms with Gasteiger partial charge in [0.1, 0.15) is 5.75 Å². The number of carbonyl (C=O) groups is 1. The van der Waals surface area contributed by atoms with Gasteiger partial charge in [-0.15, -0.1) is 0 Å². The summed E-state index contributed by atoms with van der Waals surface area (Å²) < 4.78 is 5.60. The molecule has 4 aliphatic rings. The first kappa shape index (κ1) is 14.1. The molecule has 5 atom stereocenters. The number of carbonyl (C=O) groups excluding carboxylic acids is 1. The van der Waals surface area contributed by atoms with Crippen molar-refractivity contribution in [1.82, 2.24) is 10.2 Å². The van der Waals surface area contributed by atoms with Crippen LogP contribution in [0.2, 0.25) is 0 Å². The van der Waals surface area contributed by atoms with Gasteiger partial charge in [0.05, 0.1) is 12.2 Å². The fourth-order valence-electron chi connectivity index (χ4n) is 4.81. The number of ether oxygens (including phenoxy) is 1. The van der Waals surface area contributed by atoms with Crippen LogP contribution in [0.4, 0.5) is 0 Å². The van der Waals surface area contributed by atoms with Gasteiger partial charge in [-0.2, -0.15) is 0 Å². The van der Waals surface area contributed by atoms with Crippen molar-refractivity contribution in [3.05, 3.63) is 29.8 Å². The molecule has 3 aliphatic heterocycles. The highest BCUT2D eigenvalue weighted by Gasteiger charge is 2.47. The maximum absolute atomic E-state index is 12.7. The zero-order valence-corrected chi connectivity index (χ0v) is 13.1. The number of para-hydroxylation sites is 1. The first-order chi connectivity index (χ1) is 10.7. The van der Waals surface area contributed by atoms with Crippen LogP contribution in [0.25, 0.3) is 0 Å². The molecule has 3 unspecified atom stereocenters. The Kier molecular flexibility index (Phi) is 3.57. The van der Waals surface area contributed by atoms with E-state index in [1.165, 1.54) is 19.4 Å². The zero-order valence-electron chi connectivity index (χ0n) is 13.1. The molecule has 4 fully saturated rings. The summed E-state index contributed by atoms with van der Waals surface area (Å²) in [6, 6.07) is 7.90. The maximum Gasteiger partial charge on any atom is 0.255 e. The maximum atomic E-state index is 12.7. The van der Waals surface area contributed by atoms with Crippen LogP contribution in [0, 0.1) is 17.8 Å². The molecule has 1 aromatic carbocycles. The van der Waals surface area contributed by atoms with Crippen LogP contribution < -0.4 is 10.1 Å². The summed E-state index contributed by atoms with van der Waals surface area (Å²) >= 11 is 0. The lowest BCUT2D eigenvalue weighted by Gasteiger charge is -2.55. The molecule has 3 saturated heterocycles. The van der Waals surface area contributed by atoms with E-state index in [4.69, 9.17) is 4.74 Å². The topological polar surface area (TPSA) is 41.6 Å². The van der Waals surface area contributed by atoms with Crippen molar-refractivity contribution in [1.29, 1.82) is 0 Å². The van der Waals surface area contributed by atoms with E-state index in [0.29, 0.717) is 35.8 Å². The standard InChI is InChI=1S/C18H24N2O2/c1-2-22-16-6-4-3-5-15(16)18(21)19-17-13-7-12-8-14(17)11-20(9-12)10-13/h3-6,12-14,17H,2,7-11H2,1H3,(H,19,21)/t12?,13-,14+,17?. The number of nitrogens with zero attached hydrogens (tertiary/aromatic N) is 1. The van der Waals surface area contributed by atoms with Crippen LogP contribution in [-0.2, 0) is 0 Å². The molecule has 1 aromatic rings. The van der Waals surface area contributed by atoms with Crippen LogP contribution in [0.1, 0.15) is 30.1 Å². The largest absolute Gasteiger partial charge is 0.493 e. The Labute approximate surface area is 131 Å². The third-order valence-electron chi connectivity index (χ3n) is 5.52. The van der Waals surface area contributed by atoms with E-state index < -0.39 is 0 Å². The average Bonchev–Trinajstić information content (AvgIpc) is 2.51. The van der Waals surface area contributed by atoms with Crippen molar-refractivity contribution in [3.63, 3.8) is 0 Å². The molecule has 4 bridgehead atoms. The van der Waals surface area contributed by atoms with Gasteiger partial charge in [0.15, 0.2) is 0 Å². The van der Waals surface area contributed by atoms with Crippen molar-refractivity contribution >= 4 is 5.91 Å². The smallest absolute Gasteiger partial charge is 0.255 e. The predicted molar refractivity (Wildman–Crippen MR) is 85.0 cm³/mol. The summed E-state index contributed by atoms with van der Waals surface area (Å²) in [4.78, 5) is 15.3. The van der Waals surface area contributed by atoms with Gasteiger partial charge in [0.25, 0.3) is 5.91 Å². The SMILES string of the molecule is CCOc1ccccc1C(=O)NC1[C@@H]2CC3C[C@H]1CN(C3)C2. The molecule has 3 heterocycles. The molecule has 5 rings (SSSR count). The molecule has 0 radical (unpaired) electrons. The first-order valence-electron chi connectivity index (χ1n) is 8.49. The molecule has 1 aliphatic carbocycles. The van der Waals surface area contributed by atoms with Crippen LogP contribution in [-0.4, -0.2) is 43.1 Å². The number of amides is 1. The number of hydrogen-bond donors (Lipinski definition) is 1. The lowest BCUT2D eigenvalue weighted by Crippen LogP contribution is -2.64. The minimum atomic E-state index is 0.0246. The van der Waals surface area contributed by atoms with Gasteiger partial charge >= 0.3 is 0 Å². The first-order valence-corrected chi connectivity index (χ1v) is 8.49. The van der Waals surface area contributed by atoms with Crippen molar-refractivity contribution in [3.8, 4) is 5.75 Å². The van der Waals surface area contributed by atoms with E-state index in [1.807, 2.05) is 31.2 Å².